The third-order valence-electron chi connectivity index (χ3n) is 7.38. The van der Waals surface area contributed by atoms with E-state index in [1.807, 2.05) is 31.2 Å². The number of carbonyl (C=O) groups is 3. The number of nitrogens with zero attached hydrogens (tertiary/aromatic N) is 2. The van der Waals surface area contributed by atoms with Crippen LogP contribution in [0.5, 0.6) is 0 Å². The minimum absolute atomic E-state index is 0.118. The van der Waals surface area contributed by atoms with Crippen molar-refractivity contribution in [3.05, 3.63) is 58.6 Å². The number of imide groups is 1. The number of anilines is 2. The first-order valence-electron chi connectivity index (χ1n) is 10.3. The fraction of sp³-hybridized carbons (Fsp3) is 0.348. The first-order valence-corrected chi connectivity index (χ1v) is 10.7. The van der Waals surface area contributed by atoms with Crippen LogP contribution in [0.1, 0.15) is 24.0 Å². The minimum atomic E-state index is -1.13. The average molecular weight is 422 g/mol. The van der Waals surface area contributed by atoms with Gasteiger partial charge in [-0.3, -0.25) is 19.3 Å². The highest BCUT2D eigenvalue weighted by atomic mass is 35.5. The van der Waals surface area contributed by atoms with Crippen LogP contribution >= 0.6 is 11.6 Å². The van der Waals surface area contributed by atoms with Crippen molar-refractivity contribution in [1.29, 1.82) is 0 Å². The van der Waals surface area contributed by atoms with Crippen LogP contribution in [0.4, 0.5) is 11.4 Å². The molecule has 2 aromatic rings. The number of halogens is 1. The number of hydrogen-bond acceptors (Lipinski definition) is 4. The molecule has 152 valence electrons. The minimum Gasteiger partial charge on any atom is -0.324 e. The topological polar surface area (TPSA) is 69.7 Å². The van der Waals surface area contributed by atoms with Crippen LogP contribution in [0.2, 0.25) is 5.02 Å². The van der Waals surface area contributed by atoms with Gasteiger partial charge in [0.2, 0.25) is 17.7 Å². The SMILES string of the molecule is Cc1c(Cl)cccc1N1C(=O)[C@H]2[C@@H](C1=O)[C@@]1(C(=O)Nc3ccccc31)N1CCC[C@@H]21. The lowest BCUT2D eigenvalue weighted by molar-refractivity contribution is -0.135. The lowest BCUT2D eigenvalue weighted by Gasteiger charge is -2.36. The highest BCUT2D eigenvalue weighted by molar-refractivity contribution is 6.32. The Morgan fingerprint density at radius 3 is 2.70 bits per heavy atom. The highest BCUT2D eigenvalue weighted by Crippen LogP contribution is 2.60. The molecule has 6 nitrogen and oxygen atoms in total. The Bertz CT molecular complexity index is 1150. The maximum atomic E-state index is 13.9. The largest absolute Gasteiger partial charge is 0.324 e. The molecular weight excluding hydrogens is 402 g/mol. The molecule has 4 heterocycles. The van der Waals surface area contributed by atoms with Crippen LogP contribution in [-0.4, -0.2) is 35.2 Å². The van der Waals surface area contributed by atoms with Gasteiger partial charge in [-0.1, -0.05) is 35.9 Å². The first-order chi connectivity index (χ1) is 14.5. The van der Waals surface area contributed by atoms with Crippen LogP contribution in [0, 0.1) is 18.8 Å². The highest BCUT2D eigenvalue weighted by Gasteiger charge is 2.74. The van der Waals surface area contributed by atoms with Gasteiger partial charge in [-0.15, -0.1) is 0 Å². The molecule has 30 heavy (non-hydrogen) atoms. The van der Waals surface area contributed by atoms with E-state index in [9.17, 15) is 14.4 Å². The predicted octanol–water partition coefficient (Wildman–Crippen LogP) is 3.08. The van der Waals surface area contributed by atoms with Crippen LogP contribution < -0.4 is 10.2 Å². The summed E-state index contributed by atoms with van der Waals surface area (Å²) in [7, 11) is 0. The molecule has 4 atom stereocenters. The van der Waals surface area contributed by atoms with Gasteiger partial charge >= 0.3 is 0 Å². The van der Waals surface area contributed by atoms with E-state index in [1.54, 1.807) is 18.2 Å². The zero-order valence-electron chi connectivity index (χ0n) is 16.4. The molecule has 1 N–H and O–H groups in total. The quantitative estimate of drug-likeness (QED) is 0.718. The fourth-order valence-corrected chi connectivity index (χ4v) is 6.40. The predicted molar refractivity (Wildman–Crippen MR) is 112 cm³/mol. The summed E-state index contributed by atoms with van der Waals surface area (Å²) >= 11 is 6.29. The Morgan fingerprint density at radius 1 is 1.07 bits per heavy atom. The van der Waals surface area contributed by atoms with E-state index in [4.69, 9.17) is 11.6 Å². The summed E-state index contributed by atoms with van der Waals surface area (Å²) in [5.74, 6) is -2.00. The van der Waals surface area contributed by atoms with Crippen molar-refractivity contribution in [3.8, 4) is 0 Å². The van der Waals surface area contributed by atoms with Crippen LogP contribution in [0.15, 0.2) is 42.5 Å². The molecule has 0 radical (unpaired) electrons. The maximum Gasteiger partial charge on any atom is 0.250 e. The van der Waals surface area contributed by atoms with Crippen LogP contribution in [-0.2, 0) is 19.9 Å². The molecule has 0 saturated carbocycles. The number of hydrogen-bond donors (Lipinski definition) is 1. The third kappa shape index (κ3) is 1.92. The van der Waals surface area contributed by atoms with Crippen molar-refractivity contribution < 1.29 is 14.4 Å². The molecule has 4 aliphatic rings. The van der Waals surface area contributed by atoms with E-state index >= 15 is 0 Å². The van der Waals surface area contributed by atoms with Crippen LogP contribution in [0.3, 0.4) is 0 Å². The standard InChI is InChI=1S/C23H20ClN3O3/c1-12-14(24)7-4-9-16(12)27-20(28)18-17-10-5-11-26(17)23(19(18)21(27)29)13-6-2-3-8-15(13)25-22(23)30/h2-4,6-9,17-19H,5,10-11H2,1H3,(H,25,30)/t17-,18+,19-,23-/m0/s1. The van der Waals surface area contributed by atoms with E-state index in [-0.39, 0.29) is 23.8 Å². The van der Waals surface area contributed by atoms with Crippen LogP contribution in [0.25, 0.3) is 0 Å². The van der Waals surface area contributed by atoms with Gasteiger partial charge in [-0.2, -0.15) is 0 Å². The molecule has 3 amide bonds. The van der Waals surface area contributed by atoms with Crippen molar-refractivity contribution in [3.63, 3.8) is 0 Å². The molecule has 3 fully saturated rings. The van der Waals surface area contributed by atoms with Gasteiger partial charge in [-0.05, 0) is 50.1 Å². The molecule has 3 saturated heterocycles. The second kappa shape index (κ2) is 5.93. The monoisotopic (exact) mass is 421 g/mol. The van der Waals surface area contributed by atoms with E-state index in [0.717, 1.165) is 24.1 Å². The van der Waals surface area contributed by atoms with E-state index in [0.29, 0.717) is 22.8 Å². The fourth-order valence-electron chi connectivity index (χ4n) is 6.23. The second-order valence-electron chi connectivity index (χ2n) is 8.57. The van der Waals surface area contributed by atoms with Gasteiger partial charge in [-0.25, -0.2) is 4.90 Å². The third-order valence-corrected chi connectivity index (χ3v) is 7.79. The van der Waals surface area contributed by atoms with Gasteiger partial charge < -0.3 is 5.32 Å². The van der Waals surface area contributed by atoms with E-state index in [1.165, 1.54) is 4.90 Å². The molecule has 7 heteroatoms. The molecule has 0 bridgehead atoms. The molecule has 1 spiro atoms. The molecule has 4 aliphatic heterocycles. The zero-order valence-corrected chi connectivity index (χ0v) is 17.1. The summed E-state index contributed by atoms with van der Waals surface area (Å²) in [6.07, 6.45) is 1.71. The Kier molecular flexibility index (Phi) is 3.58. The van der Waals surface area contributed by atoms with Crippen molar-refractivity contribution in [2.45, 2.75) is 31.3 Å². The smallest absolute Gasteiger partial charge is 0.250 e. The van der Waals surface area contributed by atoms with Gasteiger partial charge in [0.1, 0.15) is 5.54 Å². The number of fused-ring (bicyclic) bond motifs is 7. The van der Waals surface area contributed by atoms with Crippen molar-refractivity contribution in [2.75, 3.05) is 16.8 Å². The number of carbonyl (C=O) groups excluding carboxylic acids is 3. The number of rotatable bonds is 1. The summed E-state index contributed by atoms with van der Waals surface area (Å²) in [4.78, 5) is 44.4. The van der Waals surface area contributed by atoms with Crippen molar-refractivity contribution in [2.24, 2.45) is 11.8 Å². The van der Waals surface area contributed by atoms with Gasteiger partial charge in [0.25, 0.3) is 0 Å². The lowest BCUT2D eigenvalue weighted by Crippen LogP contribution is -2.54. The summed E-state index contributed by atoms with van der Waals surface area (Å²) in [5, 5.41) is 3.49. The molecule has 6 rings (SSSR count). The van der Waals surface area contributed by atoms with E-state index in [2.05, 4.69) is 10.2 Å². The second-order valence-corrected chi connectivity index (χ2v) is 8.98. The maximum absolute atomic E-state index is 13.9. The molecule has 0 aromatic heterocycles. The van der Waals surface area contributed by atoms with Gasteiger partial charge in [0, 0.05) is 22.3 Å². The summed E-state index contributed by atoms with van der Waals surface area (Å²) in [6, 6.07) is 12.7. The number of amides is 3. The Balaban J connectivity index is 1.57. The molecular formula is C23H20ClN3O3. The Hall–Kier alpha value is -2.70. The molecule has 0 aliphatic carbocycles. The number of nitrogens with one attached hydrogen (secondary N) is 1. The summed E-state index contributed by atoms with van der Waals surface area (Å²) < 4.78 is 0. The lowest BCUT2D eigenvalue weighted by atomic mass is 9.75. The molecule has 2 aromatic carbocycles. The Morgan fingerprint density at radius 2 is 1.87 bits per heavy atom. The van der Waals surface area contributed by atoms with Gasteiger partial charge in [0.05, 0.1) is 17.5 Å². The molecule has 0 unspecified atom stereocenters. The average Bonchev–Trinajstić information content (AvgIpc) is 3.43. The van der Waals surface area contributed by atoms with Gasteiger partial charge in [0.15, 0.2) is 0 Å². The zero-order chi connectivity index (χ0) is 20.8. The first kappa shape index (κ1) is 18.1. The number of benzene rings is 2. The summed E-state index contributed by atoms with van der Waals surface area (Å²) in [6.45, 7) is 2.51. The summed E-state index contributed by atoms with van der Waals surface area (Å²) in [5.41, 5.74) is 1.61. The van der Waals surface area contributed by atoms with E-state index < -0.39 is 17.4 Å². The van der Waals surface area contributed by atoms with Crippen molar-refractivity contribution in [1.82, 2.24) is 4.90 Å². The van der Waals surface area contributed by atoms with Crippen molar-refractivity contribution >= 4 is 40.7 Å². The Labute approximate surface area is 178 Å². The normalized spacial score (nSPS) is 32.0. The number of para-hydroxylation sites is 1.